The van der Waals surface area contributed by atoms with E-state index in [4.69, 9.17) is 14.0 Å². The maximum Gasteiger partial charge on any atom is 0.496 e. The average Bonchev–Trinajstić information content (AvgIpc) is 2.65. The van der Waals surface area contributed by atoms with Gasteiger partial charge < -0.3 is 14.0 Å². The number of ether oxygens (including phenoxy) is 1. The molecule has 2 rings (SSSR count). The van der Waals surface area contributed by atoms with Gasteiger partial charge in [-0.2, -0.15) is 0 Å². The van der Waals surface area contributed by atoms with Gasteiger partial charge in [-0.15, -0.1) is 0 Å². The molecular weight excluding hydrogens is 281 g/mol. The molecule has 0 amide bonds. The summed E-state index contributed by atoms with van der Waals surface area (Å²) >= 11 is 0. The van der Waals surface area contributed by atoms with Crippen molar-refractivity contribution in [2.45, 2.75) is 58.7 Å². The molecular formula is C16H24BNO4. The third kappa shape index (κ3) is 2.90. The Bertz CT molecular complexity index is 568. The van der Waals surface area contributed by atoms with Crippen molar-refractivity contribution in [1.82, 2.24) is 4.98 Å². The van der Waals surface area contributed by atoms with Crippen LogP contribution in [0.5, 0.6) is 0 Å². The maximum atomic E-state index is 11.8. The predicted octanol–water partition coefficient (Wildman–Crippen LogP) is 2.29. The van der Waals surface area contributed by atoms with E-state index in [1.807, 2.05) is 27.7 Å². The van der Waals surface area contributed by atoms with Crippen LogP contribution in [0.2, 0.25) is 0 Å². The summed E-state index contributed by atoms with van der Waals surface area (Å²) in [5.74, 6) is -0.221. The van der Waals surface area contributed by atoms with Gasteiger partial charge in [0.25, 0.3) is 0 Å². The lowest BCUT2D eigenvalue weighted by molar-refractivity contribution is 0.00578. The second-order valence-corrected chi connectivity index (χ2v) is 6.93. The van der Waals surface area contributed by atoms with Crippen LogP contribution in [0.4, 0.5) is 0 Å². The van der Waals surface area contributed by atoms with E-state index in [2.05, 4.69) is 18.8 Å². The van der Waals surface area contributed by atoms with Crippen LogP contribution >= 0.6 is 0 Å². The van der Waals surface area contributed by atoms with Crippen LogP contribution in [0.25, 0.3) is 0 Å². The zero-order chi connectivity index (χ0) is 16.7. The van der Waals surface area contributed by atoms with Crippen molar-refractivity contribution >= 4 is 18.6 Å². The van der Waals surface area contributed by atoms with E-state index in [9.17, 15) is 4.79 Å². The van der Waals surface area contributed by atoms with Crippen LogP contribution in [0.15, 0.2) is 12.3 Å². The second-order valence-electron chi connectivity index (χ2n) is 6.93. The highest BCUT2D eigenvalue weighted by molar-refractivity contribution is 6.62. The van der Waals surface area contributed by atoms with Crippen molar-refractivity contribution in [1.29, 1.82) is 0 Å². The van der Waals surface area contributed by atoms with E-state index < -0.39 is 24.3 Å². The van der Waals surface area contributed by atoms with Gasteiger partial charge in [-0.3, -0.25) is 4.98 Å². The van der Waals surface area contributed by atoms with Gasteiger partial charge in [0.1, 0.15) is 0 Å². The van der Waals surface area contributed by atoms with Crippen LogP contribution in [0.1, 0.15) is 63.5 Å². The minimum absolute atomic E-state index is 0.195. The van der Waals surface area contributed by atoms with E-state index in [1.54, 1.807) is 6.07 Å². The molecule has 0 bridgehead atoms. The van der Waals surface area contributed by atoms with Gasteiger partial charge in [-0.25, -0.2) is 4.79 Å². The Balaban J connectivity index is 2.47. The number of rotatable bonds is 3. The molecule has 0 unspecified atom stereocenters. The Kier molecular flexibility index (Phi) is 4.37. The first-order valence-corrected chi connectivity index (χ1v) is 7.53. The number of aromatic nitrogens is 1. The third-order valence-corrected chi connectivity index (χ3v) is 4.42. The summed E-state index contributed by atoms with van der Waals surface area (Å²) in [6, 6.07) is 1.76. The number of carbonyl (C=O) groups is 1. The Morgan fingerprint density at radius 1 is 1.23 bits per heavy atom. The second kappa shape index (κ2) is 5.67. The van der Waals surface area contributed by atoms with Crippen molar-refractivity contribution in [3.05, 3.63) is 23.5 Å². The van der Waals surface area contributed by atoms with Crippen molar-refractivity contribution in [2.75, 3.05) is 7.11 Å². The molecule has 1 aromatic heterocycles. The number of nitrogens with zero attached hydrogens (tertiary/aromatic N) is 1. The molecule has 0 radical (unpaired) electrons. The summed E-state index contributed by atoms with van der Waals surface area (Å²) in [4.78, 5) is 16.2. The molecule has 2 heterocycles. The highest BCUT2D eigenvalue weighted by atomic mass is 16.7. The fourth-order valence-electron chi connectivity index (χ4n) is 2.36. The van der Waals surface area contributed by atoms with Crippen LogP contribution in [-0.2, 0) is 14.0 Å². The van der Waals surface area contributed by atoms with Crippen LogP contribution in [-0.4, -0.2) is 36.4 Å². The zero-order valence-corrected chi connectivity index (χ0v) is 14.4. The predicted molar refractivity (Wildman–Crippen MR) is 85.4 cm³/mol. The lowest BCUT2D eigenvalue weighted by atomic mass is 9.75. The van der Waals surface area contributed by atoms with Gasteiger partial charge in [0.2, 0.25) is 0 Å². The number of hydrogen-bond acceptors (Lipinski definition) is 5. The number of hydrogen-bond donors (Lipinski definition) is 0. The average molecular weight is 305 g/mol. The van der Waals surface area contributed by atoms with Crippen molar-refractivity contribution in [3.63, 3.8) is 0 Å². The molecule has 0 aliphatic carbocycles. The molecule has 6 heteroatoms. The minimum atomic E-state index is -0.542. The van der Waals surface area contributed by atoms with Gasteiger partial charge >= 0.3 is 13.1 Å². The van der Waals surface area contributed by atoms with E-state index in [1.165, 1.54) is 13.3 Å². The summed E-state index contributed by atoms with van der Waals surface area (Å²) in [5, 5.41) is 0. The summed E-state index contributed by atoms with van der Waals surface area (Å²) in [7, 11) is 0.812. The molecule has 1 aliphatic rings. The molecule has 0 spiro atoms. The topological polar surface area (TPSA) is 57.7 Å². The van der Waals surface area contributed by atoms with E-state index >= 15 is 0 Å². The van der Waals surface area contributed by atoms with Crippen LogP contribution in [0.3, 0.4) is 0 Å². The summed E-state index contributed by atoms with van der Waals surface area (Å²) < 4.78 is 17.0. The fourth-order valence-corrected chi connectivity index (χ4v) is 2.36. The molecule has 0 atom stereocenters. The van der Waals surface area contributed by atoms with Crippen molar-refractivity contribution in [3.8, 4) is 0 Å². The Morgan fingerprint density at radius 3 is 2.23 bits per heavy atom. The normalized spacial score (nSPS) is 19.5. The van der Waals surface area contributed by atoms with Crippen molar-refractivity contribution < 1.29 is 18.8 Å². The summed E-state index contributed by atoms with van der Waals surface area (Å²) in [5.41, 5.74) is 1.18. The molecule has 120 valence electrons. The minimum Gasteiger partial charge on any atom is -0.465 e. The zero-order valence-electron chi connectivity index (χ0n) is 14.4. The smallest absolute Gasteiger partial charge is 0.465 e. The largest absolute Gasteiger partial charge is 0.496 e. The molecule has 0 aromatic carbocycles. The highest BCUT2D eigenvalue weighted by Crippen LogP contribution is 2.37. The Labute approximate surface area is 132 Å². The molecule has 0 N–H and O–H groups in total. The molecule has 1 saturated heterocycles. The molecule has 1 fully saturated rings. The van der Waals surface area contributed by atoms with Crippen molar-refractivity contribution in [2.24, 2.45) is 0 Å². The summed E-state index contributed by atoms with van der Waals surface area (Å²) in [6.45, 7) is 12.1. The van der Waals surface area contributed by atoms with Gasteiger partial charge in [-0.05, 0) is 39.7 Å². The first kappa shape index (κ1) is 17.0. The molecule has 0 saturated carbocycles. The standard InChI is InChI=1S/C16H24BNO4/c1-10(2)13-12(8-11(9-18-13)14(19)20-7)17-21-15(3,4)16(5,6)22-17/h8-10H,1-7H3. The van der Waals surface area contributed by atoms with Gasteiger partial charge in [0.15, 0.2) is 0 Å². The van der Waals surface area contributed by atoms with Gasteiger partial charge in [0, 0.05) is 17.4 Å². The number of methoxy groups -OCH3 is 1. The quantitative estimate of drug-likeness (QED) is 0.633. The van der Waals surface area contributed by atoms with Crippen LogP contribution in [0, 0.1) is 0 Å². The van der Waals surface area contributed by atoms with Gasteiger partial charge in [-0.1, -0.05) is 13.8 Å². The lowest BCUT2D eigenvalue weighted by Gasteiger charge is -2.32. The Morgan fingerprint density at radius 2 is 1.77 bits per heavy atom. The number of pyridine rings is 1. The number of carbonyl (C=O) groups excluding carboxylic acids is 1. The molecule has 22 heavy (non-hydrogen) atoms. The van der Waals surface area contributed by atoms with E-state index in [0.29, 0.717) is 5.56 Å². The lowest BCUT2D eigenvalue weighted by Crippen LogP contribution is -2.41. The van der Waals surface area contributed by atoms with E-state index in [-0.39, 0.29) is 5.92 Å². The molecule has 1 aromatic rings. The fraction of sp³-hybridized carbons (Fsp3) is 0.625. The monoisotopic (exact) mass is 305 g/mol. The van der Waals surface area contributed by atoms with Crippen LogP contribution < -0.4 is 5.46 Å². The van der Waals surface area contributed by atoms with E-state index in [0.717, 1.165) is 11.2 Å². The number of esters is 1. The molecule has 1 aliphatic heterocycles. The third-order valence-electron chi connectivity index (χ3n) is 4.42. The SMILES string of the molecule is COC(=O)c1cnc(C(C)C)c(B2OC(C)(C)C(C)(C)O2)c1. The first-order valence-electron chi connectivity index (χ1n) is 7.53. The maximum absolute atomic E-state index is 11.8. The molecule has 5 nitrogen and oxygen atoms in total. The highest BCUT2D eigenvalue weighted by Gasteiger charge is 2.52. The Hall–Kier alpha value is -1.40. The first-order chi connectivity index (χ1) is 10.1. The summed E-state index contributed by atoms with van der Waals surface area (Å²) in [6.07, 6.45) is 1.54. The van der Waals surface area contributed by atoms with Gasteiger partial charge in [0.05, 0.1) is 23.9 Å².